The monoisotopic (exact) mass is 418 g/mol. The van der Waals surface area contributed by atoms with Crippen LogP contribution in [0.1, 0.15) is 18.1 Å². The van der Waals surface area contributed by atoms with Gasteiger partial charge >= 0.3 is 162 Å². The molecule has 27 heavy (non-hydrogen) atoms. The predicted octanol–water partition coefficient (Wildman–Crippen LogP) is 2.58. The van der Waals surface area contributed by atoms with Crippen LogP contribution in [-0.4, -0.2) is 11.2 Å². The number of ether oxygens (including phenoxy) is 1. The van der Waals surface area contributed by atoms with Crippen LogP contribution in [0.2, 0.25) is 0 Å². The molecule has 0 aliphatic rings. The van der Waals surface area contributed by atoms with Gasteiger partial charge in [-0.05, 0) is 0 Å². The average molecular weight is 418 g/mol. The Morgan fingerprint density at radius 1 is 0.926 bits per heavy atom. The van der Waals surface area contributed by atoms with Crippen molar-refractivity contribution in [1.29, 1.82) is 0 Å². The minimum atomic E-state index is -4.31. The van der Waals surface area contributed by atoms with Gasteiger partial charge in [-0.2, -0.15) is 0 Å². The van der Waals surface area contributed by atoms with Crippen LogP contribution in [-0.2, 0) is 50.0 Å². The van der Waals surface area contributed by atoms with Gasteiger partial charge in [0.1, 0.15) is 0 Å². The van der Waals surface area contributed by atoms with Crippen LogP contribution < -0.4 is 0 Å². The Morgan fingerprint density at radius 3 is 1.59 bits per heavy atom. The molecular formula is C17H9CrF3O6. The molecule has 0 saturated heterocycles. The average Bonchev–Trinajstić information content (AvgIpc) is 2.74. The van der Waals surface area contributed by atoms with Gasteiger partial charge < -0.3 is 0 Å². The third-order valence-corrected chi connectivity index (χ3v) is 2.14. The summed E-state index contributed by atoms with van der Waals surface area (Å²) in [7, 11) is 0. The molecular weight excluding hydrogens is 409 g/mol. The Balaban J connectivity index is -0.000000139. The molecule has 0 atom stereocenters. The first-order chi connectivity index (χ1) is 12.9. The van der Waals surface area contributed by atoms with Crippen LogP contribution in [0.4, 0.5) is 13.2 Å². The molecule has 0 aromatic heterocycles. The van der Waals surface area contributed by atoms with Crippen molar-refractivity contribution in [2.75, 3.05) is 6.61 Å². The van der Waals surface area contributed by atoms with Gasteiger partial charge in [0.25, 0.3) is 0 Å². The molecule has 0 fully saturated rings. The van der Waals surface area contributed by atoms with Crippen LogP contribution in [0.3, 0.4) is 0 Å². The van der Waals surface area contributed by atoms with Gasteiger partial charge in [0.2, 0.25) is 0 Å². The number of hydrogen-bond acceptors (Lipinski definition) is 1. The maximum atomic E-state index is 12.3. The normalized spacial score (nSPS) is 7.04. The molecule has 0 amide bonds. The van der Waals surface area contributed by atoms with E-state index in [0.717, 1.165) is 12.1 Å². The summed E-state index contributed by atoms with van der Waals surface area (Å²) in [6.07, 6.45) is -4.31. The minimum absolute atomic E-state index is 0.424. The Labute approximate surface area is 162 Å². The van der Waals surface area contributed by atoms with E-state index < -0.39 is 11.7 Å². The molecule has 6 nitrogen and oxygen atoms in total. The van der Waals surface area contributed by atoms with Gasteiger partial charge in [0.05, 0.1) is 0 Å². The van der Waals surface area contributed by atoms with Crippen LogP contribution >= 0.6 is 0 Å². The first kappa shape index (κ1) is 35.7. The van der Waals surface area contributed by atoms with Crippen molar-refractivity contribution in [3.05, 3.63) is 68.6 Å². The fourth-order valence-corrected chi connectivity index (χ4v) is 1.30. The molecule has 10 heteroatoms. The molecule has 0 N–H and O–H groups in total. The van der Waals surface area contributed by atoms with E-state index in [1.165, 1.54) is 12.1 Å². The van der Waals surface area contributed by atoms with Gasteiger partial charge in [0.15, 0.2) is 0 Å². The van der Waals surface area contributed by atoms with Crippen molar-refractivity contribution in [2.24, 2.45) is 0 Å². The molecule has 0 spiro atoms. The van der Waals surface area contributed by atoms with Crippen molar-refractivity contribution in [3.63, 3.8) is 0 Å². The third-order valence-electron chi connectivity index (χ3n) is 1.80. The first-order valence-electron chi connectivity index (χ1n) is 5.81. The van der Waals surface area contributed by atoms with Gasteiger partial charge in [-0.3, -0.25) is 0 Å². The van der Waals surface area contributed by atoms with E-state index in [0.29, 0.717) is 16.7 Å². The van der Waals surface area contributed by atoms with Crippen molar-refractivity contribution in [3.8, 4) is 11.8 Å². The second kappa shape index (κ2) is 28.4. The standard InChI is InChI=1S/C12H9F3O.5CO.Cr/c1-2-16-9-3-4-10-5-7-11(8-6-10)12(13,14)15;5*1-2;/h5-8H,2H2,1H3;;;;;;. The zero-order valence-electron chi connectivity index (χ0n) is 13.5. The molecule has 0 aliphatic heterocycles. The van der Waals surface area contributed by atoms with E-state index in [2.05, 4.69) is 60.9 Å². The molecule has 1 aromatic carbocycles. The molecule has 0 heterocycles. The van der Waals surface area contributed by atoms with Crippen LogP contribution in [0, 0.1) is 45.1 Å². The summed E-state index contributed by atoms with van der Waals surface area (Å²) in [6.45, 7) is 24.8. The summed E-state index contributed by atoms with van der Waals surface area (Å²) < 4.78 is 79.8. The zero-order chi connectivity index (χ0) is 22.9. The summed E-state index contributed by atoms with van der Waals surface area (Å²) in [5, 5.41) is 0. The topological polar surface area (TPSA) is 109 Å². The van der Waals surface area contributed by atoms with Crippen LogP contribution in [0.5, 0.6) is 0 Å². The number of benzene rings is 1. The summed E-state index contributed by atoms with van der Waals surface area (Å²) >= 11 is 2.62. The maximum absolute atomic E-state index is 12.3. The molecule has 0 bridgehead atoms. The van der Waals surface area contributed by atoms with Gasteiger partial charge in [-0.1, -0.05) is 0 Å². The molecule has 0 saturated carbocycles. The Kier molecular flexibility index (Phi) is 37.6. The summed E-state index contributed by atoms with van der Waals surface area (Å²) in [5.74, 6) is 5.36. The molecule has 140 valence electrons. The van der Waals surface area contributed by atoms with Gasteiger partial charge in [-0.25, -0.2) is 0 Å². The van der Waals surface area contributed by atoms with Gasteiger partial charge in [0, 0.05) is 0 Å². The first-order valence-corrected chi connectivity index (χ1v) is 6.45. The Hall–Kier alpha value is -2.37. The second-order valence-electron chi connectivity index (χ2n) is 3.05. The second-order valence-corrected chi connectivity index (χ2v) is 3.62. The zero-order valence-corrected chi connectivity index (χ0v) is 14.8. The quantitative estimate of drug-likeness (QED) is 0.411. The van der Waals surface area contributed by atoms with E-state index in [1.54, 1.807) is 0 Å². The van der Waals surface area contributed by atoms with Crippen molar-refractivity contribution < 1.29 is 57.0 Å². The number of alkyl halides is 3. The summed E-state index contributed by atoms with van der Waals surface area (Å²) in [6, 6.07) is 4.66. The Morgan fingerprint density at radius 2 is 1.30 bits per heavy atom. The number of rotatable bonds is 2. The molecule has 1 rings (SSSR count). The fourth-order valence-electron chi connectivity index (χ4n) is 1.03. The van der Waals surface area contributed by atoms with Crippen molar-refractivity contribution in [1.82, 2.24) is 0 Å². The molecule has 0 radical (unpaired) electrons. The van der Waals surface area contributed by atoms with Crippen LogP contribution in [0.25, 0.3) is 0 Å². The third kappa shape index (κ3) is 23.6. The van der Waals surface area contributed by atoms with Crippen LogP contribution in [0.15, 0.2) is 24.3 Å². The van der Waals surface area contributed by atoms with Gasteiger partial charge in [-0.15, -0.1) is 0 Å². The van der Waals surface area contributed by atoms with E-state index in [4.69, 9.17) is 28.0 Å². The van der Waals surface area contributed by atoms with E-state index in [1.807, 2.05) is 6.92 Å². The number of hydrogen-bond donors (Lipinski definition) is 0. The van der Waals surface area contributed by atoms with Crippen molar-refractivity contribution >= 4 is 4.57 Å². The fraction of sp³-hybridized carbons (Fsp3) is 0.176. The summed E-state index contributed by atoms with van der Waals surface area (Å²) in [4.78, 5) is 0. The van der Waals surface area contributed by atoms with E-state index in [9.17, 15) is 13.2 Å². The molecule has 0 unspecified atom stereocenters. The molecule has 0 aliphatic carbocycles. The van der Waals surface area contributed by atoms with Crippen molar-refractivity contribution in [2.45, 2.75) is 13.1 Å². The number of halogens is 3. The Bertz CT molecular complexity index is 624. The SMILES string of the molecule is CCO[C](=[Cr])C#Cc1ccc(C(F)(F)F)cc1.[C-]#[O+].[C-]#[O+].[C-]#[O+].[C-]#[O+].[C-]#[O+]. The van der Waals surface area contributed by atoms with E-state index >= 15 is 0 Å². The molecule has 1 aromatic rings. The predicted molar refractivity (Wildman–Crippen MR) is 74.6 cm³/mol. The summed E-state index contributed by atoms with van der Waals surface area (Å²) in [5.41, 5.74) is -0.175. The van der Waals surface area contributed by atoms with E-state index in [-0.39, 0.29) is 0 Å².